The largest absolute Gasteiger partial charge is 0.490 e. The van der Waals surface area contributed by atoms with Gasteiger partial charge < -0.3 is 15.5 Å². The number of nitrogens with one attached hydrogen (secondary N) is 1. The molecule has 3 N–H and O–H groups in total. The minimum Gasteiger partial charge on any atom is -0.490 e. The molecule has 0 radical (unpaired) electrons. The maximum Gasteiger partial charge on any atom is 0.142 e. The summed E-state index contributed by atoms with van der Waals surface area (Å²) in [5.74, 6) is 0.812. The number of hydrogen-bond donors (Lipinski definition) is 2. The summed E-state index contributed by atoms with van der Waals surface area (Å²) < 4.78 is 6.06. The molecule has 0 atom stereocenters. The first-order valence-corrected chi connectivity index (χ1v) is 6.65. The van der Waals surface area contributed by atoms with Crippen LogP contribution in [0.4, 0.5) is 0 Å². The maximum absolute atomic E-state index is 6.15. The van der Waals surface area contributed by atoms with Crippen molar-refractivity contribution < 1.29 is 4.74 Å². The fourth-order valence-electron chi connectivity index (χ4n) is 2.47. The molecule has 5 heteroatoms. The Hall–Kier alpha value is -1.26. The molecular formula is C13H16ClN3O. The summed E-state index contributed by atoms with van der Waals surface area (Å²) in [5.41, 5.74) is 6.67. The summed E-state index contributed by atoms with van der Waals surface area (Å²) in [6.07, 6.45) is 7.78. The van der Waals surface area contributed by atoms with E-state index in [9.17, 15) is 0 Å². The SMILES string of the molecule is NC1CCC(Oc2ccnc3[nH]cc(Cl)c23)CC1. The van der Waals surface area contributed by atoms with Crippen LogP contribution in [-0.4, -0.2) is 22.1 Å². The molecule has 0 aromatic carbocycles. The Morgan fingerprint density at radius 3 is 2.89 bits per heavy atom. The van der Waals surface area contributed by atoms with Crippen molar-refractivity contribution in [2.75, 3.05) is 0 Å². The molecule has 2 heterocycles. The van der Waals surface area contributed by atoms with E-state index < -0.39 is 0 Å². The van der Waals surface area contributed by atoms with Gasteiger partial charge in [0, 0.05) is 18.4 Å². The number of H-pyrrole nitrogens is 1. The minimum atomic E-state index is 0.237. The van der Waals surface area contributed by atoms with Crippen molar-refractivity contribution in [3.8, 4) is 5.75 Å². The summed E-state index contributed by atoms with van der Waals surface area (Å²) in [7, 11) is 0. The number of halogens is 1. The zero-order valence-electron chi connectivity index (χ0n) is 10.0. The smallest absolute Gasteiger partial charge is 0.142 e. The van der Waals surface area contributed by atoms with Gasteiger partial charge in [-0.1, -0.05) is 11.6 Å². The van der Waals surface area contributed by atoms with Crippen LogP contribution in [-0.2, 0) is 0 Å². The number of ether oxygens (including phenoxy) is 1. The summed E-state index contributed by atoms with van der Waals surface area (Å²) >= 11 is 6.15. The van der Waals surface area contributed by atoms with E-state index in [2.05, 4.69) is 9.97 Å². The Labute approximate surface area is 110 Å². The molecule has 1 saturated carbocycles. The van der Waals surface area contributed by atoms with Crippen LogP contribution in [0.25, 0.3) is 11.0 Å². The molecule has 96 valence electrons. The van der Waals surface area contributed by atoms with Crippen molar-refractivity contribution in [2.45, 2.75) is 37.8 Å². The average Bonchev–Trinajstić information content (AvgIpc) is 2.75. The van der Waals surface area contributed by atoms with Crippen molar-refractivity contribution in [3.05, 3.63) is 23.5 Å². The van der Waals surface area contributed by atoms with E-state index in [-0.39, 0.29) is 6.10 Å². The highest BCUT2D eigenvalue weighted by Crippen LogP contribution is 2.32. The van der Waals surface area contributed by atoms with E-state index >= 15 is 0 Å². The Morgan fingerprint density at radius 2 is 2.11 bits per heavy atom. The predicted octanol–water partition coefficient (Wildman–Crippen LogP) is 2.87. The quantitative estimate of drug-likeness (QED) is 0.878. The van der Waals surface area contributed by atoms with Crippen LogP contribution in [0, 0.1) is 0 Å². The number of rotatable bonds is 2. The zero-order chi connectivity index (χ0) is 12.5. The third kappa shape index (κ3) is 2.18. The molecule has 3 rings (SSSR count). The van der Waals surface area contributed by atoms with Crippen LogP contribution >= 0.6 is 11.6 Å². The molecule has 0 bridgehead atoms. The molecule has 0 saturated heterocycles. The van der Waals surface area contributed by atoms with Gasteiger partial charge in [-0.25, -0.2) is 4.98 Å². The van der Waals surface area contributed by atoms with E-state index in [1.54, 1.807) is 12.4 Å². The van der Waals surface area contributed by atoms with Crippen LogP contribution in [0.3, 0.4) is 0 Å². The normalized spacial score (nSPS) is 24.3. The van der Waals surface area contributed by atoms with E-state index in [4.69, 9.17) is 22.1 Å². The topological polar surface area (TPSA) is 63.9 Å². The monoisotopic (exact) mass is 265 g/mol. The molecule has 18 heavy (non-hydrogen) atoms. The highest BCUT2D eigenvalue weighted by atomic mass is 35.5. The average molecular weight is 266 g/mol. The van der Waals surface area contributed by atoms with Gasteiger partial charge in [-0.3, -0.25) is 0 Å². The van der Waals surface area contributed by atoms with Crippen molar-refractivity contribution in [1.82, 2.24) is 9.97 Å². The lowest BCUT2D eigenvalue weighted by Gasteiger charge is -2.27. The Bertz CT molecular complexity index is 546. The molecular weight excluding hydrogens is 250 g/mol. The Balaban J connectivity index is 1.84. The third-order valence-corrected chi connectivity index (χ3v) is 3.80. The Morgan fingerprint density at radius 1 is 1.33 bits per heavy atom. The molecule has 0 aliphatic heterocycles. The number of hydrogen-bond acceptors (Lipinski definition) is 3. The fourth-order valence-corrected chi connectivity index (χ4v) is 2.71. The van der Waals surface area contributed by atoms with Crippen molar-refractivity contribution in [3.63, 3.8) is 0 Å². The first-order chi connectivity index (χ1) is 8.74. The second-order valence-electron chi connectivity index (χ2n) is 4.82. The summed E-state index contributed by atoms with van der Waals surface area (Å²) in [4.78, 5) is 7.26. The molecule has 1 fully saturated rings. The van der Waals surface area contributed by atoms with Crippen LogP contribution < -0.4 is 10.5 Å². The van der Waals surface area contributed by atoms with E-state index in [0.29, 0.717) is 11.1 Å². The molecule has 2 aromatic heterocycles. The fraction of sp³-hybridized carbons (Fsp3) is 0.462. The zero-order valence-corrected chi connectivity index (χ0v) is 10.8. The number of pyridine rings is 1. The number of aromatic amines is 1. The predicted molar refractivity (Wildman–Crippen MR) is 72.0 cm³/mol. The van der Waals surface area contributed by atoms with Crippen LogP contribution in [0.5, 0.6) is 5.75 Å². The van der Waals surface area contributed by atoms with Gasteiger partial charge in [0.15, 0.2) is 0 Å². The number of fused-ring (bicyclic) bond motifs is 1. The number of aromatic nitrogens is 2. The molecule has 4 nitrogen and oxygen atoms in total. The van der Waals surface area contributed by atoms with Crippen LogP contribution in [0.2, 0.25) is 5.02 Å². The first-order valence-electron chi connectivity index (χ1n) is 6.28. The molecule has 0 amide bonds. The van der Waals surface area contributed by atoms with Crippen molar-refractivity contribution in [2.24, 2.45) is 5.73 Å². The lowest BCUT2D eigenvalue weighted by molar-refractivity contribution is 0.149. The second-order valence-corrected chi connectivity index (χ2v) is 5.23. The van der Waals surface area contributed by atoms with Gasteiger partial charge in [0.2, 0.25) is 0 Å². The van der Waals surface area contributed by atoms with Crippen molar-refractivity contribution in [1.29, 1.82) is 0 Å². The standard InChI is InChI=1S/C13H16ClN3O/c14-10-7-17-13-12(10)11(5-6-16-13)18-9-3-1-8(15)2-4-9/h5-9H,1-4,15H2,(H,16,17). The van der Waals surface area contributed by atoms with E-state index in [0.717, 1.165) is 42.5 Å². The van der Waals surface area contributed by atoms with Gasteiger partial charge in [-0.05, 0) is 31.7 Å². The van der Waals surface area contributed by atoms with E-state index in [1.807, 2.05) is 6.07 Å². The maximum atomic E-state index is 6.15. The van der Waals surface area contributed by atoms with Gasteiger partial charge in [-0.2, -0.15) is 0 Å². The van der Waals surface area contributed by atoms with Gasteiger partial charge in [0.1, 0.15) is 11.4 Å². The van der Waals surface area contributed by atoms with Crippen LogP contribution in [0.15, 0.2) is 18.5 Å². The molecule has 0 unspecified atom stereocenters. The minimum absolute atomic E-state index is 0.237. The van der Waals surface area contributed by atoms with Gasteiger partial charge in [-0.15, -0.1) is 0 Å². The molecule has 1 aliphatic carbocycles. The lowest BCUT2D eigenvalue weighted by Crippen LogP contribution is -2.31. The summed E-state index contributed by atoms with van der Waals surface area (Å²) in [6, 6.07) is 2.20. The number of nitrogens with zero attached hydrogens (tertiary/aromatic N) is 1. The van der Waals surface area contributed by atoms with Gasteiger partial charge in [0.25, 0.3) is 0 Å². The van der Waals surface area contributed by atoms with Gasteiger partial charge in [0.05, 0.1) is 16.5 Å². The summed E-state index contributed by atoms with van der Waals surface area (Å²) in [6.45, 7) is 0. The first kappa shape index (κ1) is 11.8. The summed E-state index contributed by atoms with van der Waals surface area (Å²) in [5, 5.41) is 1.52. The van der Waals surface area contributed by atoms with Gasteiger partial charge >= 0.3 is 0 Å². The number of nitrogens with two attached hydrogens (primary N) is 1. The van der Waals surface area contributed by atoms with E-state index in [1.165, 1.54) is 0 Å². The Kier molecular flexibility index (Phi) is 3.14. The lowest BCUT2D eigenvalue weighted by atomic mass is 9.94. The molecule has 0 spiro atoms. The highest BCUT2D eigenvalue weighted by Gasteiger charge is 2.21. The second kappa shape index (κ2) is 4.78. The third-order valence-electron chi connectivity index (χ3n) is 3.50. The molecule has 1 aliphatic rings. The molecule has 2 aromatic rings. The highest BCUT2D eigenvalue weighted by molar-refractivity contribution is 6.35. The van der Waals surface area contributed by atoms with Crippen LogP contribution in [0.1, 0.15) is 25.7 Å². The van der Waals surface area contributed by atoms with Crippen molar-refractivity contribution >= 4 is 22.6 Å².